The molecule has 1 heterocycles. The lowest BCUT2D eigenvalue weighted by Crippen LogP contribution is -2.74. The van der Waals surface area contributed by atoms with Gasteiger partial charge in [-0.15, -0.1) is 0 Å². The summed E-state index contributed by atoms with van der Waals surface area (Å²) >= 11 is 6.88. The SMILES string of the molecule is CC(C)C1CCN(Cc2cc(O)c3c(c2Cl)C[C@H]2C[C@H]4[C@H](N(C)C)C(=O)C(C(N)=O)C(=O)[C@@]4(O)C(=O)C2C3=O)CC1. The van der Waals surface area contributed by atoms with E-state index in [-0.39, 0.29) is 24.2 Å². The van der Waals surface area contributed by atoms with Crippen LogP contribution in [0.15, 0.2) is 6.07 Å². The number of ketones is 4. The third-order valence-corrected chi connectivity index (χ3v) is 10.5. The van der Waals surface area contributed by atoms with E-state index >= 15 is 0 Å². The molecule has 1 aromatic rings. The van der Waals surface area contributed by atoms with E-state index in [2.05, 4.69) is 18.7 Å². The Bertz CT molecular complexity index is 1340. The Morgan fingerprint density at radius 1 is 1.17 bits per heavy atom. The van der Waals surface area contributed by atoms with E-state index in [4.69, 9.17) is 17.3 Å². The van der Waals surface area contributed by atoms with Gasteiger partial charge in [0.05, 0.1) is 17.5 Å². The first kappa shape index (κ1) is 29.8. The van der Waals surface area contributed by atoms with Crippen molar-refractivity contribution in [2.24, 2.45) is 41.2 Å². The highest BCUT2D eigenvalue weighted by Gasteiger charge is 2.69. The number of Topliss-reactive ketones (excluding diaryl/α,β-unsaturated/α-hetero) is 4. The Morgan fingerprint density at radius 2 is 1.80 bits per heavy atom. The second-order valence-corrected chi connectivity index (χ2v) is 13.2. The molecule has 222 valence electrons. The van der Waals surface area contributed by atoms with Crippen molar-refractivity contribution in [3.05, 3.63) is 27.8 Å². The summed E-state index contributed by atoms with van der Waals surface area (Å²) in [6.45, 7) is 6.77. The standard InChI is InChI=1S/C30H38ClN3O7/c1-13(2)14-5-7-34(8-6-14)12-16-11-19(35)21-17(23(16)31)9-15-10-18-24(33(3)4)26(37)22(29(32)40)28(39)30(18,41)27(38)20(15)25(21)36/h11,13-15,18,20,22,24,35,41H,5-10,12H2,1-4H3,(H2,32,40)/t15-,18-,20?,22?,24-,30-/m0/s1. The molecule has 2 unspecified atom stereocenters. The quantitative estimate of drug-likeness (QED) is 0.433. The Balaban J connectivity index is 1.50. The van der Waals surface area contributed by atoms with Crippen molar-refractivity contribution in [2.75, 3.05) is 27.2 Å². The van der Waals surface area contributed by atoms with E-state index in [1.54, 1.807) is 14.1 Å². The monoisotopic (exact) mass is 587 g/mol. The Morgan fingerprint density at radius 3 is 2.37 bits per heavy atom. The van der Waals surface area contributed by atoms with Gasteiger partial charge in [0.1, 0.15) is 5.75 Å². The van der Waals surface area contributed by atoms with Crippen LogP contribution in [0.5, 0.6) is 5.75 Å². The topological polar surface area (TPSA) is 158 Å². The highest BCUT2D eigenvalue weighted by Crippen LogP contribution is 2.52. The van der Waals surface area contributed by atoms with Gasteiger partial charge in [-0.05, 0) is 87.8 Å². The molecule has 6 atom stereocenters. The number of aliphatic hydroxyl groups is 1. The molecular weight excluding hydrogens is 550 g/mol. The largest absolute Gasteiger partial charge is 0.507 e. The van der Waals surface area contributed by atoms with E-state index in [9.17, 15) is 34.2 Å². The smallest absolute Gasteiger partial charge is 0.235 e. The number of amides is 1. The van der Waals surface area contributed by atoms with Crippen LogP contribution in [0.3, 0.4) is 0 Å². The molecular formula is C30H38ClN3O7. The maximum atomic E-state index is 13.9. The van der Waals surface area contributed by atoms with Crippen LogP contribution in [0.4, 0.5) is 0 Å². The lowest BCUT2D eigenvalue weighted by atomic mass is 9.52. The average molecular weight is 588 g/mol. The van der Waals surface area contributed by atoms with E-state index in [0.29, 0.717) is 34.5 Å². The number of piperidine rings is 1. The zero-order chi connectivity index (χ0) is 30.1. The number of carbonyl (C=O) groups excluding carboxylic acids is 5. The molecule has 3 fully saturated rings. The molecule has 11 heteroatoms. The van der Waals surface area contributed by atoms with Gasteiger partial charge in [0.25, 0.3) is 0 Å². The van der Waals surface area contributed by atoms with Crippen molar-refractivity contribution in [1.82, 2.24) is 9.80 Å². The first-order chi connectivity index (χ1) is 19.2. The summed E-state index contributed by atoms with van der Waals surface area (Å²) in [6, 6.07) is 0.328. The number of likely N-dealkylation sites (N-methyl/N-ethyl adjacent to an activating group) is 1. The van der Waals surface area contributed by atoms with E-state index < -0.39 is 64.4 Å². The number of phenols is 1. The molecule has 4 N–H and O–H groups in total. The Kier molecular flexibility index (Phi) is 7.68. The van der Waals surface area contributed by atoms with Gasteiger partial charge in [0, 0.05) is 17.5 Å². The number of nitrogens with zero attached hydrogens (tertiary/aromatic N) is 2. The number of hydrogen-bond acceptors (Lipinski definition) is 9. The predicted molar refractivity (Wildman–Crippen MR) is 149 cm³/mol. The molecule has 3 aliphatic carbocycles. The summed E-state index contributed by atoms with van der Waals surface area (Å²) in [5.74, 6) is -9.35. The fourth-order valence-electron chi connectivity index (χ4n) is 7.84. The fraction of sp³-hybridized carbons (Fsp3) is 0.633. The second kappa shape index (κ2) is 10.6. The first-order valence-corrected chi connectivity index (χ1v) is 14.7. The van der Waals surface area contributed by atoms with E-state index in [0.717, 1.165) is 25.9 Å². The van der Waals surface area contributed by atoms with Crippen LogP contribution >= 0.6 is 11.6 Å². The van der Waals surface area contributed by atoms with Gasteiger partial charge >= 0.3 is 0 Å². The van der Waals surface area contributed by atoms with Gasteiger partial charge in [0.2, 0.25) is 5.91 Å². The van der Waals surface area contributed by atoms with E-state index in [1.807, 2.05) is 0 Å². The molecule has 2 saturated carbocycles. The van der Waals surface area contributed by atoms with Crippen molar-refractivity contribution >= 4 is 40.6 Å². The fourth-order valence-corrected chi connectivity index (χ4v) is 8.13. The number of likely N-dealkylation sites (tertiary alicyclic amines) is 1. The van der Waals surface area contributed by atoms with E-state index in [1.165, 1.54) is 11.0 Å². The summed E-state index contributed by atoms with van der Waals surface area (Å²) in [5.41, 5.74) is 3.67. The highest BCUT2D eigenvalue weighted by molar-refractivity contribution is 6.34. The minimum absolute atomic E-state index is 0.00602. The number of phenolic OH excluding ortho intramolecular Hbond substituents is 1. The molecule has 41 heavy (non-hydrogen) atoms. The normalized spacial score (nSPS) is 32.7. The minimum Gasteiger partial charge on any atom is -0.507 e. The molecule has 4 aliphatic rings. The minimum atomic E-state index is -2.74. The molecule has 5 rings (SSSR count). The maximum absolute atomic E-state index is 13.9. The highest BCUT2D eigenvalue weighted by atomic mass is 35.5. The van der Waals surface area contributed by atoms with Gasteiger partial charge in [-0.2, -0.15) is 0 Å². The van der Waals surface area contributed by atoms with Gasteiger partial charge in [0.15, 0.2) is 34.7 Å². The van der Waals surface area contributed by atoms with Crippen LogP contribution in [-0.4, -0.2) is 87.9 Å². The van der Waals surface area contributed by atoms with Gasteiger partial charge in [-0.25, -0.2) is 0 Å². The second-order valence-electron chi connectivity index (χ2n) is 12.9. The third kappa shape index (κ3) is 4.54. The molecule has 1 aliphatic heterocycles. The molecule has 1 saturated heterocycles. The van der Waals surface area contributed by atoms with Crippen LogP contribution in [0.25, 0.3) is 0 Å². The summed E-state index contributed by atoms with van der Waals surface area (Å²) in [4.78, 5) is 70.1. The van der Waals surface area contributed by atoms with Crippen LogP contribution in [0, 0.1) is 35.5 Å². The Hall–Kier alpha value is -2.66. The summed E-state index contributed by atoms with van der Waals surface area (Å²) in [6.07, 6.45) is 2.29. The molecule has 0 radical (unpaired) electrons. The number of aromatic hydroxyl groups is 1. The van der Waals surface area contributed by atoms with Gasteiger partial charge in [-0.3, -0.25) is 33.8 Å². The third-order valence-electron chi connectivity index (χ3n) is 10.0. The number of carbonyl (C=O) groups is 5. The van der Waals surface area contributed by atoms with Crippen LogP contribution in [0.2, 0.25) is 5.02 Å². The maximum Gasteiger partial charge on any atom is 0.235 e. The lowest BCUT2D eigenvalue weighted by Gasteiger charge is -2.52. The zero-order valence-electron chi connectivity index (χ0n) is 23.9. The zero-order valence-corrected chi connectivity index (χ0v) is 24.6. The van der Waals surface area contributed by atoms with Crippen molar-refractivity contribution in [1.29, 1.82) is 0 Å². The first-order valence-electron chi connectivity index (χ1n) is 14.3. The van der Waals surface area contributed by atoms with Gasteiger partial charge < -0.3 is 15.9 Å². The number of hydrogen-bond donors (Lipinski definition) is 3. The molecule has 0 aromatic heterocycles. The number of fused-ring (bicyclic) bond motifs is 3. The van der Waals surface area contributed by atoms with Crippen molar-refractivity contribution in [3.8, 4) is 5.75 Å². The predicted octanol–water partition coefficient (Wildman–Crippen LogP) is 1.39. The number of rotatable bonds is 5. The summed E-state index contributed by atoms with van der Waals surface area (Å²) < 4.78 is 0. The number of primary amides is 1. The van der Waals surface area contributed by atoms with Crippen LogP contribution in [0.1, 0.15) is 54.6 Å². The van der Waals surface area contributed by atoms with Gasteiger partial charge in [-0.1, -0.05) is 25.4 Å². The van der Waals surface area contributed by atoms with Crippen LogP contribution < -0.4 is 5.73 Å². The molecule has 0 bridgehead atoms. The molecule has 1 amide bonds. The summed E-state index contributed by atoms with van der Waals surface area (Å²) in [5, 5.41) is 23.0. The van der Waals surface area contributed by atoms with Crippen LogP contribution in [-0.2, 0) is 32.1 Å². The number of nitrogens with two attached hydrogens (primary N) is 1. The van der Waals surface area contributed by atoms with Crippen molar-refractivity contribution in [2.45, 2.75) is 57.7 Å². The van der Waals surface area contributed by atoms with Crippen molar-refractivity contribution in [3.63, 3.8) is 0 Å². The number of halogens is 1. The lowest BCUT2D eigenvalue weighted by molar-refractivity contribution is -0.181. The summed E-state index contributed by atoms with van der Waals surface area (Å²) in [7, 11) is 3.11. The molecule has 1 aromatic carbocycles. The Labute approximate surface area is 244 Å². The van der Waals surface area contributed by atoms with Crippen molar-refractivity contribution < 1.29 is 34.2 Å². The molecule has 10 nitrogen and oxygen atoms in total. The molecule has 0 spiro atoms. The average Bonchev–Trinajstić information content (AvgIpc) is 2.89. The number of benzene rings is 1.